The summed E-state index contributed by atoms with van der Waals surface area (Å²) in [6.07, 6.45) is 2.08. The molecule has 1 amide bonds. The highest BCUT2D eigenvalue weighted by Crippen LogP contribution is 2.18. The third-order valence-corrected chi connectivity index (χ3v) is 4.80. The van der Waals surface area contributed by atoms with Crippen molar-refractivity contribution in [3.63, 3.8) is 0 Å². The molecule has 0 bridgehead atoms. The van der Waals surface area contributed by atoms with Crippen LogP contribution in [0.25, 0.3) is 0 Å². The number of nitrogens with one attached hydrogen (secondary N) is 2. The van der Waals surface area contributed by atoms with Crippen molar-refractivity contribution >= 4 is 17.4 Å². The van der Waals surface area contributed by atoms with E-state index in [1.54, 1.807) is 18.2 Å². The highest BCUT2D eigenvalue weighted by atomic mass is 19.1. The SMILES string of the molecule is N#CCCN(C(=O)C[NH+]1CCN(c2cccc[nH+]2)CC1)c1ccccc1F. The Kier molecular flexibility index (Phi) is 6.34. The minimum absolute atomic E-state index is 0.148. The van der Waals surface area contributed by atoms with Gasteiger partial charge in [-0.05, 0) is 18.2 Å². The van der Waals surface area contributed by atoms with E-state index in [1.165, 1.54) is 15.9 Å². The number of nitrogens with zero attached hydrogens (tertiary/aromatic N) is 3. The maximum Gasteiger partial charge on any atom is 0.282 e. The van der Waals surface area contributed by atoms with Gasteiger partial charge < -0.3 is 9.80 Å². The fourth-order valence-corrected chi connectivity index (χ4v) is 3.34. The Labute approximate surface area is 158 Å². The van der Waals surface area contributed by atoms with Crippen LogP contribution in [0.4, 0.5) is 15.9 Å². The predicted octanol–water partition coefficient (Wildman–Crippen LogP) is 0.292. The lowest BCUT2D eigenvalue weighted by Gasteiger charge is -2.30. The van der Waals surface area contributed by atoms with Crippen molar-refractivity contribution < 1.29 is 19.1 Å². The largest absolute Gasteiger partial charge is 0.321 e. The van der Waals surface area contributed by atoms with E-state index in [0.717, 1.165) is 32.0 Å². The number of benzene rings is 1. The molecule has 0 spiro atoms. The molecule has 7 heteroatoms. The molecule has 27 heavy (non-hydrogen) atoms. The van der Waals surface area contributed by atoms with Gasteiger partial charge in [0.2, 0.25) is 0 Å². The van der Waals surface area contributed by atoms with E-state index < -0.39 is 5.82 Å². The van der Waals surface area contributed by atoms with E-state index >= 15 is 0 Å². The van der Waals surface area contributed by atoms with Crippen LogP contribution in [-0.2, 0) is 4.79 Å². The van der Waals surface area contributed by atoms with Crippen molar-refractivity contribution in [1.29, 1.82) is 5.26 Å². The summed E-state index contributed by atoms with van der Waals surface area (Å²) < 4.78 is 14.2. The standard InChI is InChI=1S/C20H22FN5O/c21-17-6-1-2-7-18(17)26(11-5-9-22)20(27)16-24-12-14-25(15-13-24)19-8-3-4-10-23-19/h1-4,6-8,10H,5,11-16H2/p+2. The summed E-state index contributed by atoms with van der Waals surface area (Å²) in [5.41, 5.74) is 0.245. The first-order valence-corrected chi connectivity index (χ1v) is 9.16. The van der Waals surface area contributed by atoms with Gasteiger partial charge in [0.15, 0.2) is 6.54 Å². The Morgan fingerprint density at radius 2 is 1.96 bits per heavy atom. The molecule has 0 unspecified atom stereocenters. The number of piperazine rings is 1. The third kappa shape index (κ3) is 4.80. The van der Waals surface area contributed by atoms with Crippen LogP contribution in [0.5, 0.6) is 0 Å². The van der Waals surface area contributed by atoms with Crippen LogP contribution >= 0.6 is 0 Å². The molecular formula is C20H24FN5O+2. The van der Waals surface area contributed by atoms with Gasteiger partial charge in [0.25, 0.3) is 11.7 Å². The highest BCUT2D eigenvalue weighted by Gasteiger charge is 2.29. The number of carbonyl (C=O) groups is 1. The normalized spacial score (nSPS) is 14.6. The average Bonchev–Trinajstić information content (AvgIpc) is 2.71. The molecule has 1 saturated heterocycles. The molecular weight excluding hydrogens is 345 g/mol. The van der Waals surface area contributed by atoms with Gasteiger partial charge in [0.05, 0.1) is 24.4 Å². The molecule has 3 rings (SSSR count). The fourth-order valence-electron chi connectivity index (χ4n) is 3.34. The number of hydrogen-bond acceptors (Lipinski definition) is 3. The molecule has 0 saturated carbocycles. The van der Waals surface area contributed by atoms with Crippen molar-refractivity contribution in [3.8, 4) is 6.07 Å². The molecule has 2 N–H and O–H groups in total. The third-order valence-electron chi connectivity index (χ3n) is 4.80. The molecule has 1 aromatic carbocycles. The molecule has 140 valence electrons. The van der Waals surface area contributed by atoms with E-state index in [0.29, 0.717) is 6.54 Å². The summed E-state index contributed by atoms with van der Waals surface area (Å²) in [5.74, 6) is 0.484. The summed E-state index contributed by atoms with van der Waals surface area (Å²) in [5, 5.41) is 8.88. The molecule has 2 heterocycles. The smallest absolute Gasteiger partial charge is 0.282 e. The zero-order valence-electron chi connectivity index (χ0n) is 15.2. The second-order valence-electron chi connectivity index (χ2n) is 6.57. The number of anilines is 2. The Morgan fingerprint density at radius 3 is 2.63 bits per heavy atom. The zero-order chi connectivity index (χ0) is 19.1. The lowest BCUT2D eigenvalue weighted by molar-refractivity contribution is -0.892. The summed E-state index contributed by atoms with van der Waals surface area (Å²) in [7, 11) is 0. The van der Waals surface area contributed by atoms with Gasteiger partial charge in [0.1, 0.15) is 32.0 Å². The second-order valence-corrected chi connectivity index (χ2v) is 6.57. The summed E-state index contributed by atoms with van der Waals surface area (Å²) in [6, 6.07) is 14.2. The van der Waals surface area contributed by atoms with E-state index in [4.69, 9.17) is 5.26 Å². The quantitative estimate of drug-likeness (QED) is 0.796. The van der Waals surface area contributed by atoms with Gasteiger partial charge in [-0.2, -0.15) is 5.26 Å². The molecule has 2 aromatic rings. The summed E-state index contributed by atoms with van der Waals surface area (Å²) >= 11 is 0. The number of hydrogen-bond donors (Lipinski definition) is 1. The number of nitriles is 1. The van der Waals surface area contributed by atoms with Gasteiger partial charge in [-0.25, -0.2) is 9.37 Å². The topological polar surface area (TPSA) is 65.9 Å². The highest BCUT2D eigenvalue weighted by molar-refractivity contribution is 5.94. The predicted molar refractivity (Wildman–Crippen MR) is 99.8 cm³/mol. The van der Waals surface area contributed by atoms with E-state index in [-0.39, 0.29) is 24.6 Å². The molecule has 1 fully saturated rings. The first-order valence-electron chi connectivity index (χ1n) is 9.16. The lowest BCUT2D eigenvalue weighted by atomic mass is 10.2. The van der Waals surface area contributed by atoms with Crippen molar-refractivity contribution in [2.45, 2.75) is 6.42 Å². The molecule has 0 atom stereocenters. The Hall–Kier alpha value is -2.98. The first kappa shape index (κ1) is 18.8. The Morgan fingerprint density at radius 1 is 1.22 bits per heavy atom. The lowest BCUT2D eigenvalue weighted by Crippen LogP contribution is -3.16. The number of rotatable bonds is 6. The maximum absolute atomic E-state index is 14.2. The Bertz CT molecular complexity index is 800. The minimum atomic E-state index is -0.441. The number of H-pyrrole nitrogens is 1. The van der Waals surface area contributed by atoms with E-state index in [9.17, 15) is 9.18 Å². The van der Waals surface area contributed by atoms with Gasteiger partial charge >= 0.3 is 0 Å². The van der Waals surface area contributed by atoms with Crippen LogP contribution in [0.15, 0.2) is 48.7 Å². The van der Waals surface area contributed by atoms with Gasteiger partial charge in [0, 0.05) is 12.6 Å². The number of halogens is 1. The summed E-state index contributed by atoms with van der Waals surface area (Å²) in [6.45, 7) is 3.86. The van der Waals surface area contributed by atoms with Gasteiger partial charge in [-0.3, -0.25) is 9.69 Å². The Balaban J connectivity index is 1.61. The second kappa shape index (κ2) is 9.10. The van der Waals surface area contributed by atoms with Gasteiger partial charge in [-0.15, -0.1) is 0 Å². The number of aromatic amines is 1. The molecule has 1 aliphatic heterocycles. The van der Waals surface area contributed by atoms with Crippen molar-refractivity contribution in [2.75, 3.05) is 49.1 Å². The maximum atomic E-state index is 14.2. The van der Waals surface area contributed by atoms with Crippen LogP contribution < -0.4 is 19.7 Å². The van der Waals surface area contributed by atoms with Crippen LogP contribution in [0, 0.1) is 17.1 Å². The van der Waals surface area contributed by atoms with Crippen LogP contribution in [0.3, 0.4) is 0 Å². The molecule has 1 aliphatic rings. The fraction of sp³-hybridized carbons (Fsp3) is 0.350. The van der Waals surface area contributed by atoms with E-state index in [2.05, 4.69) is 9.88 Å². The van der Waals surface area contributed by atoms with Crippen molar-refractivity contribution in [1.82, 2.24) is 0 Å². The van der Waals surface area contributed by atoms with Crippen LogP contribution in [0.1, 0.15) is 6.42 Å². The minimum Gasteiger partial charge on any atom is -0.321 e. The van der Waals surface area contributed by atoms with Crippen LogP contribution in [-0.4, -0.2) is 45.2 Å². The number of quaternary nitrogens is 1. The monoisotopic (exact) mass is 369 g/mol. The number of amides is 1. The van der Waals surface area contributed by atoms with Crippen LogP contribution in [0.2, 0.25) is 0 Å². The first-order chi connectivity index (χ1) is 13.2. The van der Waals surface area contributed by atoms with Crippen molar-refractivity contribution in [2.24, 2.45) is 0 Å². The number of carbonyl (C=O) groups excluding carboxylic acids is 1. The van der Waals surface area contributed by atoms with Crippen molar-refractivity contribution in [3.05, 3.63) is 54.5 Å². The molecule has 0 aliphatic carbocycles. The van der Waals surface area contributed by atoms with E-state index in [1.807, 2.05) is 30.5 Å². The van der Waals surface area contributed by atoms with Gasteiger partial charge in [-0.1, -0.05) is 18.2 Å². The average molecular weight is 369 g/mol. The zero-order valence-corrected chi connectivity index (χ0v) is 15.2. The number of pyridine rings is 1. The molecule has 6 nitrogen and oxygen atoms in total. The number of aromatic nitrogens is 1. The molecule has 0 radical (unpaired) electrons. The summed E-state index contributed by atoms with van der Waals surface area (Å²) in [4.78, 5) is 20.9. The molecule has 1 aromatic heterocycles. The number of para-hydroxylation sites is 1.